The summed E-state index contributed by atoms with van der Waals surface area (Å²) in [4.78, 5) is 2.90. The van der Waals surface area contributed by atoms with Crippen molar-refractivity contribution in [1.82, 2.24) is 0 Å². The van der Waals surface area contributed by atoms with Gasteiger partial charge in [-0.25, -0.2) is 0 Å². The van der Waals surface area contributed by atoms with Crippen LogP contribution in [0.25, 0.3) is 11.6 Å². The molecule has 1 aliphatic carbocycles. The Hall–Kier alpha value is -1.64. The normalized spacial score (nSPS) is 17.9. The highest BCUT2D eigenvalue weighted by Gasteiger charge is 2.21. The molecule has 1 atom stereocenters. The highest BCUT2D eigenvalue weighted by atomic mass is 32.1. The van der Waals surface area contributed by atoms with E-state index < -0.39 is 0 Å². The first-order valence-electron chi connectivity index (χ1n) is 7.28. The minimum atomic E-state index is 0.537. The number of rotatable bonds is 2. The molecule has 1 aromatic carbocycles. The van der Waals surface area contributed by atoms with Crippen LogP contribution in [0.2, 0.25) is 0 Å². The molecule has 2 heterocycles. The fraction of sp³-hybridized carbons (Fsp3) is 0.158. The molecule has 1 aliphatic rings. The van der Waals surface area contributed by atoms with Gasteiger partial charge in [-0.05, 0) is 52.4 Å². The van der Waals surface area contributed by atoms with Crippen molar-refractivity contribution < 1.29 is 0 Å². The predicted octanol–water partition coefficient (Wildman–Crippen LogP) is 6.28. The lowest BCUT2D eigenvalue weighted by atomic mass is 9.91. The van der Waals surface area contributed by atoms with Crippen LogP contribution < -0.4 is 0 Å². The van der Waals surface area contributed by atoms with Crippen molar-refractivity contribution in [2.45, 2.75) is 18.8 Å². The van der Waals surface area contributed by atoms with Gasteiger partial charge in [0.05, 0.1) is 0 Å². The molecule has 0 fully saturated rings. The maximum Gasteiger partial charge on any atom is 0.0302 e. The fourth-order valence-electron chi connectivity index (χ4n) is 3.12. The number of allylic oxidation sites excluding steroid dienone is 1. The third-order valence-electron chi connectivity index (χ3n) is 4.13. The van der Waals surface area contributed by atoms with Gasteiger partial charge in [-0.1, -0.05) is 42.5 Å². The fourth-order valence-corrected chi connectivity index (χ4v) is 4.77. The topological polar surface area (TPSA) is 0 Å². The first-order chi connectivity index (χ1) is 10.4. The van der Waals surface area contributed by atoms with Gasteiger partial charge >= 0.3 is 0 Å². The van der Waals surface area contributed by atoms with Crippen LogP contribution in [0.1, 0.15) is 39.6 Å². The van der Waals surface area contributed by atoms with Gasteiger partial charge in [-0.2, -0.15) is 0 Å². The molecular weight excluding hydrogens is 292 g/mol. The SMILES string of the molecule is C1=C(c2cccs2)CCC(c2cccs2)c2ccccc21. The van der Waals surface area contributed by atoms with Crippen LogP contribution >= 0.6 is 22.7 Å². The van der Waals surface area contributed by atoms with E-state index in [-0.39, 0.29) is 0 Å². The van der Waals surface area contributed by atoms with Crippen LogP contribution in [0.15, 0.2) is 59.3 Å². The number of fused-ring (bicyclic) bond motifs is 1. The van der Waals surface area contributed by atoms with E-state index in [1.165, 1.54) is 32.9 Å². The van der Waals surface area contributed by atoms with E-state index in [0.717, 1.165) is 6.42 Å². The van der Waals surface area contributed by atoms with Gasteiger partial charge in [0, 0.05) is 15.7 Å². The van der Waals surface area contributed by atoms with E-state index in [2.05, 4.69) is 65.4 Å². The molecule has 0 nitrogen and oxygen atoms in total. The molecule has 0 saturated heterocycles. The molecule has 0 aliphatic heterocycles. The standard InChI is InChI=1S/C19H16S2/c1-2-6-16-14(5-1)13-15(18-7-3-11-20-18)9-10-17(16)19-8-4-12-21-19/h1-8,11-13,17H,9-10H2. The van der Waals surface area contributed by atoms with Crippen molar-refractivity contribution in [3.8, 4) is 0 Å². The van der Waals surface area contributed by atoms with Gasteiger partial charge in [0.25, 0.3) is 0 Å². The van der Waals surface area contributed by atoms with E-state index in [9.17, 15) is 0 Å². The number of benzene rings is 1. The Labute approximate surface area is 133 Å². The van der Waals surface area contributed by atoms with Gasteiger partial charge in [-0.15, -0.1) is 22.7 Å². The third kappa shape index (κ3) is 2.50. The molecule has 2 aromatic heterocycles. The minimum Gasteiger partial charge on any atom is -0.148 e. The molecular formula is C19H16S2. The Morgan fingerprint density at radius 3 is 2.52 bits per heavy atom. The van der Waals surface area contributed by atoms with E-state index in [0.29, 0.717) is 5.92 Å². The zero-order chi connectivity index (χ0) is 14.1. The largest absolute Gasteiger partial charge is 0.148 e. The molecule has 3 aromatic rings. The number of thiophene rings is 2. The highest BCUT2D eigenvalue weighted by molar-refractivity contribution is 7.11. The lowest BCUT2D eigenvalue weighted by Crippen LogP contribution is -1.99. The summed E-state index contributed by atoms with van der Waals surface area (Å²) < 4.78 is 0. The van der Waals surface area contributed by atoms with Crippen molar-refractivity contribution in [2.75, 3.05) is 0 Å². The molecule has 104 valence electrons. The molecule has 0 bridgehead atoms. The number of hydrogen-bond acceptors (Lipinski definition) is 2. The smallest absolute Gasteiger partial charge is 0.0302 e. The van der Waals surface area contributed by atoms with Crippen LogP contribution in [0, 0.1) is 0 Å². The predicted molar refractivity (Wildman–Crippen MR) is 94.0 cm³/mol. The second-order valence-corrected chi connectivity index (χ2v) is 7.31. The molecule has 0 spiro atoms. The highest BCUT2D eigenvalue weighted by Crippen LogP contribution is 2.41. The first kappa shape index (κ1) is 13.1. The van der Waals surface area contributed by atoms with Gasteiger partial charge in [0.2, 0.25) is 0 Å². The zero-order valence-corrected chi connectivity index (χ0v) is 13.3. The van der Waals surface area contributed by atoms with Crippen molar-refractivity contribution >= 4 is 34.3 Å². The van der Waals surface area contributed by atoms with Crippen molar-refractivity contribution in [3.63, 3.8) is 0 Å². The van der Waals surface area contributed by atoms with Crippen LogP contribution in [-0.4, -0.2) is 0 Å². The lowest BCUT2D eigenvalue weighted by Gasteiger charge is -2.16. The molecule has 0 N–H and O–H groups in total. The Kier molecular flexibility index (Phi) is 3.50. The molecule has 21 heavy (non-hydrogen) atoms. The molecule has 2 heteroatoms. The molecule has 0 amide bonds. The van der Waals surface area contributed by atoms with Crippen LogP contribution in [0.3, 0.4) is 0 Å². The summed E-state index contributed by atoms with van der Waals surface area (Å²) in [5.41, 5.74) is 4.35. The third-order valence-corrected chi connectivity index (χ3v) is 6.06. The van der Waals surface area contributed by atoms with Gasteiger partial charge in [0.15, 0.2) is 0 Å². The quantitative estimate of drug-likeness (QED) is 0.523. The molecule has 1 unspecified atom stereocenters. The molecule has 0 radical (unpaired) electrons. The van der Waals surface area contributed by atoms with Crippen LogP contribution in [0.5, 0.6) is 0 Å². The van der Waals surface area contributed by atoms with Crippen molar-refractivity contribution in [3.05, 3.63) is 80.2 Å². The second-order valence-electron chi connectivity index (χ2n) is 5.38. The van der Waals surface area contributed by atoms with Gasteiger partial charge in [0.1, 0.15) is 0 Å². The summed E-state index contributed by atoms with van der Waals surface area (Å²) in [5, 5.41) is 4.36. The van der Waals surface area contributed by atoms with E-state index >= 15 is 0 Å². The Bertz CT molecular complexity index is 749. The summed E-state index contributed by atoms with van der Waals surface area (Å²) in [7, 11) is 0. The monoisotopic (exact) mass is 308 g/mol. The minimum absolute atomic E-state index is 0.537. The van der Waals surface area contributed by atoms with Crippen LogP contribution in [0.4, 0.5) is 0 Å². The molecule has 0 saturated carbocycles. The van der Waals surface area contributed by atoms with Crippen molar-refractivity contribution in [2.24, 2.45) is 0 Å². The Morgan fingerprint density at radius 2 is 1.71 bits per heavy atom. The maximum atomic E-state index is 2.40. The summed E-state index contributed by atoms with van der Waals surface area (Å²) in [5.74, 6) is 0.537. The lowest BCUT2D eigenvalue weighted by molar-refractivity contribution is 0.753. The zero-order valence-electron chi connectivity index (χ0n) is 11.7. The van der Waals surface area contributed by atoms with Gasteiger partial charge in [-0.3, -0.25) is 0 Å². The summed E-state index contributed by atoms with van der Waals surface area (Å²) in [6, 6.07) is 17.7. The van der Waals surface area contributed by atoms with E-state index in [1.54, 1.807) is 0 Å². The number of hydrogen-bond donors (Lipinski definition) is 0. The summed E-state index contributed by atoms with van der Waals surface area (Å²) >= 11 is 3.73. The Balaban J connectivity index is 1.81. The average molecular weight is 308 g/mol. The molecule has 4 rings (SSSR count). The summed E-state index contributed by atoms with van der Waals surface area (Å²) in [6.07, 6.45) is 4.74. The average Bonchev–Trinajstić information content (AvgIpc) is 3.18. The Morgan fingerprint density at radius 1 is 0.857 bits per heavy atom. The van der Waals surface area contributed by atoms with Crippen molar-refractivity contribution in [1.29, 1.82) is 0 Å². The second kappa shape index (κ2) is 5.63. The first-order valence-corrected chi connectivity index (χ1v) is 9.04. The maximum absolute atomic E-state index is 2.40. The van der Waals surface area contributed by atoms with Crippen LogP contribution in [-0.2, 0) is 0 Å². The van der Waals surface area contributed by atoms with E-state index in [4.69, 9.17) is 0 Å². The van der Waals surface area contributed by atoms with E-state index in [1.807, 2.05) is 22.7 Å². The van der Waals surface area contributed by atoms with Gasteiger partial charge < -0.3 is 0 Å². The summed E-state index contributed by atoms with van der Waals surface area (Å²) in [6.45, 7) is 0.